The number of hydrogen-bond acceptors (Lipinski definition) is 2. The molecule has 2 aromatic rings. The predicted molar refractivity (Wildman–Crippen MR) is 76.7 cm³/mol. The lowest BCUT2D eigenvalue weighted by Gasteiger charge is -2.09. The van der Waals surface area contributed by atoms with E-state index in [1.165, 1.54) is 0 Å². The number of aryl methyl sites for hydroxylation is 3. The van der Waals surface area contributed by atoms with Crippen LogP contribution in [0.5, 0.6) is 5.75 Å². The van der Waals surface area contributed by atoms with Crippen LogP contribution in [-0.4, -0.2) is 11.0 Å². The van der Waals surface area contributed by atoms with Gasteiger partial charge in [0.15, 0.2) is 0 Å². The molecule has 19 heavy (non-hydrogen) atoms. The van der Waals surface area contributed by atoms with Gasteiger partial charge in [0.25, 0.3) is 5.91 Å². The number of carbonyl (C=O) groups is 1. The summed E-state index contributed by atoms with van der Waals surface area (Å²) in [4.78, 5) is 12.2. The quantitative estimate of drug-likeness (QED) is 0.806. The normalized spacial score (nSPS) is 10.3. The number of amides is 1. The number of rotatable bonds is 2. The minimum Gasteiger partial charge on any atom is -0.508 e. The fraction of sp³-hybridized carbons (Fsp3) is 0.188. The molecule has 0 radical (unpaired) electrons. The van der Waals surface area contributed by atoms with Gasteiger partial charge >= 0.3 is 0 Å². The van der Waals surface area contributed by atoms with Crippen molar-refractivity contribution in [3.05, 3.63) is 58.7 Å². The molecule has 2 rings (SSSR count). The number of anilines is 1. The highest BCUT2D eigenvalue weighted by molar-refractivity contribution is 6.05. The number of phenolic OH excluding ortho intramolecular Hbond substituents is 1. The van der Waals surface area contributed by atoms with Gasteiger partial charge in [-0.1, -0.05) is 17.7 Å². The highest BCUT2D eigenvalue weighted by atomic mass is 16.3. The van der Waals surface area contributed by atoms with Crippen molar-refractivity contribution in [1.29, 1.82) is 0 Å². The van der Waals surface area contributed by atoms with Crippen LogP contribution in [0, 0.1) is 20.8 Å². The fourth-order valence-electron chi connectivity index (χ4n) is 1.91. The number of benzene rings is 2. The van der Waals surface area contributed by atoms with Gasteiger partial charge in [-0.25, -0.2) is 0 Å². The summed E-state index contributed by atoms with van der Waals surface area (Å²) in [6.07, 6.45) is 0. The molecular weight excluding hydrogens is 238 g/mol. The maximum atomic E-state index is 12.2. The van der Waals surface area contributed by atoms with E-state index in [9.17, 15) is 9.90 Å². The van der Waals surface area contributed by atoms with Gasteiger partial charge < -0.3 is 10.4 Å². The minimum absolute atomic E-state index is 0.133. The van der Waals surface area contributed by atoms with E-state index in [2.05, 4.69) is 5.32 Å². The topological polar surface area (TPSA) is 49.3 Å². The molecule has 0 aliphatic carbocycles. The Morgan fingerprint density at radius 1 is 1.00 bits per heavy atom. The molecule has 0 atom stereocenters. The molecule has 0 spiro atoms. The molecule has 1 amide bonds. The van der Waals surface area contributed by atoms with Crippen LogP contribution in [0.1, 0.15) is 27.0 Å². The third kappa shape index (κ3) is 2.94. The van der Waals surface area contributed by atoms with Crippen LogP contribution in [0.15, 0.2) is 36.4 Å². The summed E-state index contributed by atoms with van der Waals surface area (Å²) in [5, 5.41) is 12.3. The van der Waals surface area contributed by atoms with E-state index in [0.29, 0.717) is 11.3 Å². The van der Waals surface area contributed by atoms with Gasteiger partial charge in [0.05, 0.1) is 0 Å². The number of carbonyl (C=O) groups excluding carboxylic acids is 1. The van der Waals surface area contributed by atoms with Crippen molar-refractivity contribution < 1.29 is 9.90 Å². The van der Waals surface area contributed by atoms with E-state index in [0.717, 1.165) is 16.7 Å². The SMILES string of the molecule is Cc1ccc(C)c(C(=O)Nc2ccc(O)c(C)c2)c1. The van der Waals surface area contributed by atoms with Crippen LogP contribution in [-0.2, 0) is 0 Å². The largest absolute Gasteiger partial charge is 0.508 e. The van der Waals surface area contributed by atoms with Crippen LogP contribution in [0.4, 0.5) is 5.69 Å². The third-order valence-corrected chi connectivity index (χ3v) is 3.09. The molecule has 0 aliphatic heterocycles. The van der Waals surface area contributed by atoms with E-state index in [1.807, 2.05) is 32.0 Å². The molecule has 0 unspecified atom stereocenters. The van der Waals surface area contributed by atoms with Gasteiger partial charge in [0.2, 0.25) is 0 Å². The first-order chi connectivity index (χ1) is 8.97. The summed E-state index contributed by atoms with van der Waals surface area (Å²) in [6, 6.07) is 10.8. The fourth-order valence-corrected chi connectivity index (χ4v) is 1.91. The van der Waals surface area contributed by atoms with Crippen molar-refractivity contribution in [1.82, 2.24) is 0 Å². The molecule has 0 saturated heterocycles. The third-order valence-electron chi connectivity index (χ3n) is 3.09. The molecule has 0 fully saturated rings. The second kappa shape index (κ2) is 5.14. The van der Waals surface area contributed by atoms with Crippen molar-refractivity contribution in [3.63, 3.8) is 0 Å². The average Bonchev–Trinajstić information content (AvgIpc) is 2.36. The minimum atomic E-state index is -0.133. The number of nitrogens with one attached hydrogen (secondary N) is 1. The molecule has 0 aromatic heterocycles. The monoisotopic (exact) mass is 255 g/mol. The Morgan fingerprint density at radius 3 is 2.42 bits per heavy atom. The molecule has 2 N–H and O–H groups in total. The predicted octanol–water partition coefficient (Wildman–Crippen LogP) is 3.57. The van der Waals surface area contributed by atoms with Gasteiger partial charge in [-0.3, -0.25) is 4.79 Å². The van der Waals surface area contributed by atoms with Crippen molar-refractivity contribution >= 4 is 11.6 Å². The Bertz CT molecular complexity index is 633. The molecule has 0 aliphatic rings. The first kappa shape index (κ1) is 13.1. The second-order valence-electron chi connectivity index (χ2n) is 4.77. The molecule has 3 heteroatoms. The molecular formula is C16H17NO2. The molecule has 0 saturated carbocycles. The van der Waals surface area contributed by atoms with E-state index in [-0.39, 0.29) is 11.7 Å². The smallest absolute Gasteiger partial charge is 0.255 e. The zero-order valence-corrected chi connectivity index (χ0v) is 11.3. The molecule has 98 valence electrons. The molecule has 3 nitrogen and oxygen atoms in total. The number of phenols is 1. The van der Waals surface area contributed by atoms with Gasteiger partial charge in [0.1, 0.15) is 5.75 Å². The maximum absolute atomic E-state index is 12.2. The number of hydrogen-bond donors (Lipinski definition) is 2. The summed E-state index contributed by atoms with van der Waals surface area (Å²) in [5.74, 6) is 0.0935. The van der Waals surface area contributed by atoms with Gasteiger partial charge in [-0.15, -0.1) is 0 Å². The molecule has 2 aromatic carbocycles. The van der Waals surface area contributed by atoms with E-state index < -0.39 is 0 Å². The highest BCUT2D eigenvalue weighted by Gasteiger charge is 2.10. The average molecular weight is 255 g/mol. The van der Waals surface area contributed by atoms with Crippen molar-refractivity contribution in [2.45, 2.75) is 20.8 Å². The van der Waals surface area contributed by atoms with Crippen LogP contribution in [0.25, 0.3) is 0 Å². The first-order valence-corrected chi connectivity index (χ1v) is 6.15. The highest BCUT2D eigenvalue weighted by Crippen LogP contribution is 2.21. The molecule has 0 bridgehead atoms. The van der Waals surface area contributed by atoms with Crippen molar-refractivity contribution in [3.8, 4) is 5.75 Å². The van der Waals surface area contributed by atoms with Crippen LogP contribution in [0.3, 0.4) is 0 Å². The summed E-state index contributed by atoms with van der Waals surface area (Å²) >= 11 is 0. The summed E-state index contributed by atoms with van der Waals surface area (Å²) in [5.41, 5.74) is 4.09. The number of aromatic hydroxyl groups is 1. The Morgan fingerprint density at radius 2 is 1.74 bits per heavy atom. The van der Waals surface area contributed by atoms with E-state index in [1.54, 1.807) is 25.1 Å². The standard InChI is InChI=1S/C16H17NO2/c1-10-4-5-11(2)14(8-10)16(19)17-13-6-7-15(18)12(3)9-13/h4-9,18H,1-3H3,(H,17,19). The Balaban J connectivity index is 2.25. The second-order valence-corrected chi connectivity index (χ2v) is 4.77. The van der Waals surface area contributed by atoms with Gasteiger partial charge in [-0.05, 0) is 56.2 Å². The molecule has 0 heterocycles. The summed E-state index contributed by atoms with van der Waals surface area (Å²) in [6.45, 7) is 5.67. The Labute approximate surface area is 112 Å². The summed E-state index contributed by atoms with van der Waals surface area (Å²) in [7, 11) is 0. The Kier molecular flexibility index (Phi) is 3.56. The van der Waals surface area contributed by atoms with E-state index >= 15 is 0 Å². The van der Waals surface area contributed by atoms with Crippen LogP contribution >= 0.6 is 0 Å². The Hall–Kier alpha value is -2.29. The lowest BCUT2D eigenvalue weighted by Crippen LogP contribution is -2.13. The van der Waals surface area contributed by atoms with Crippen LogP contribution in [0.2, 0.25) is 0 Å². The zero-order chi connectivity index (χ0) is 14.0. The van der Waals surface area contributed by atoms with Crippen molar-refractivity contribution in [2.75, 3.05) is 5.32 Å². The maximum Gasteiger partial charge on any atom is 0.255 e. The van der Waals surface area contributed by atoms with Crippen LogP contribution < -0.4 is 5.32 Å². The van der Waals surface area contributed by atoms with E-state index in [4.69, 9.17) is 0 Å². The summed E-state index contributed by atoms with van der Waals surface area (Å²) < 4.78 is 0. The zero-order valence-electron chi connectivity index (χ0n) is 11.3. The van der Waals surface area contributed by atoms with Crippen molar-refractivity contribution in [2.24, 2.45) is 0 Å². The van der Waals surface area contributed by atoms with Gasteiger partial charge in [0, 0.05) is 11.3 Å². The first-order valence-electron chi connectivity index (χ1n) is 6.15. The lowest BCUT2D eigenvalue weighted by atomic mass is 10.0. The van der Waals surface area contributed by atoms with Gasteiger partial charge in [-0.2, -0.15) is 0 Å². The lowest BCUT2D eigenvalue weighted by molar-refractivity contribution is 0.102.